The van der Waals surface area contributed by atoms with E-state index in [1.54, 1.807) is 6.92 Å². The van der Waals surface area contributed by atoms with Gasteiger partial charge in [-0.25, -0.2) is 0 Å². The predicted octanol–water partition coefficient (Wildman–Crippen LogP) is 3.27. The van der Waals surface area contributed by atoms with Gasteiger partial charge in [0.05, 0.1) is 16.5 Å². The minimum atomic E-state index is -4.47. The second kappa shape index (κ2) is 6.53. The average molecular weight is 348 g/mol. The van der Waals surface area contributed by atoms with Crippen LogP contribution in [0.3, 0.4) is 0 Å². The van der Waals surface area contributed by atoms with Gasteiger partial charge >= 0.3 is 6.18 Å². The van der Waals surface area contributed by atoms with E-state index in [2.05, 4.69) is 15.5 Å². The number of rotatable bonds is 5. The summed E-state index contributed by atoms with van der Waals surface area (Å²) in [6, 6.07) is 5.09. The van der Waals surface area contributed by atoms with Gasteiger partial charge in [-0.05, 0) is 19.1 Å². The molecule has 0 bridgehead atoms. The summed E-state index contributed by atoms with van der Waals surface area (Å²) in [6.07, 6.45) is -4.47. The number of carbonyl (C=O) groups excluding carboxylic acids is 1. The monoisotopic (exact) mass is 348 g/mol. The Morgan fingerprint density at radius 2 is 2.05 bits per heavy atom. The smallest absolute Gasteiger partial charge is 0.369 e. The van der Waals surface area contributed by atoms with Crippen molar-refractivity contribution in [2.45, 2.75) is 22.7 Å². The Hall–Kier alpha value is -1.81. The Morgan fingerprint density at radius 1 is 1.36 bits per heavy atom. The number of amides is 1. The largest absolute Gasteiger partial charge is 0.418 e. The molecule has 0 spiro atoms. The lowest BCUT2D eigenvalue weighted by molar-refractivity contribution is -0.136. The summed E-state index contributed by atoms with van der Waals surface area (Å²) in [7, 11) is 0. The number of hydrogen-bond donors (Lipinski definition) is 2. The van der Waals surface area contributed by atoms with Crippen LogP contribution in [0.4, 0.5) is 24.0 Å². The van der Waals surface area contributed by atoms with Crippen molar-refractivity contribution in [1.29, 1.82) is 0 Å². The summed E-state index contributed by atoms with van der Waals surface area (Å²) < 4.78 is 39.1. The molecule has 0 aliphatic heterocycles. The minimum absolute atomic E-state index is 0.106. The van der Waals surface area contributed by atoms with Crippen LogP contribution in [0.15, 0.2) is 28.6 Å². The fraction of sp³-hybridized carbons (Fsp3) is 0.250. The van der Waals surface area contributed by atoms with Crippen LogP contribution in [-0.2, 0) is 11.0 Å². The number of aromatic nitrogens is 2. The second-order valence-electron chi connectivity index (χ2n) is 4.20. The molecule has 0 fully saturated rings. The third kappa shape index (κ3) is 4.10. The number of thioether (sulfide) groups is 1. The normalized spacial score (nSPS) is 12.9. The van der Waals surface area contributed by atoms with E-state index in [1.807, 2.05) is 0 Å². The van der Waals surface area contributed by atoms with Gasteiger partial charge in [0.2, 0.25) is 11.0 Å². The Morgan fingerprint density at radius 3 is 2.68 bits per heavy atom. The quantitative estimate of drug-likeness (QED) is 0.811. The molecule has 22 heavy (non-hydrogen) atoms. The van der Waals surface area contributed by atoms with Crippen LogP contribution >= 0.6 is 23.1 Å². The van der Waals surface area contributed by atoms with E-state index in [1.165, 1.54) is 18.2 Å². The molecule has 0 saturated carbocycles. The third-order valence-corrected chi connectivity index (χ3v) is 4.60. The predicted molar refractivity (Wildman–Crippen MR) is 79.1 cm³/mol. The maximum absolute atomic E-state index is 12.9. The van der Waals surface area contributed by atoms with Crippen LogP contribution in [0.2, 0.25) is 0 Å². The summed E-state index contributed by atoms with van der Waals surface area (Å²) >= 11 is 2.15. The van der Waals surface area contributed by atoms with Crippen LogP contribution in [0.5, 0.6) is 0 Å². The van der Waals surface area contributed by atoms with E-state index in [0.29, 0.717) is 4.34 Å². The van der Waals surface area contributed by atoms with Gasteiger partial charge in [-0.1, -0.05) is 35.2 Å². The lowest BCUT2D eigenvalue weighted by Crippen LogP contribution is -2.22. The molecule has 5 nitrogen and oxygen atoms in total. The zero-order valence-corrected chi connectivity index (χ0v) is 12.9. The lowest BCUT2D eigenvalue weighted by Gasteiger charge is -2.12. The molecular weight excluding hydrogens is 337 g/mol. The highest BCUT2D eigenvalue weighted by Gasteiger charge is 2.33. The van der Waals surface area contributed by atoms with Crippen LogP contribution in [0, 0.1) is 0 Å². The number of halogens is 3. The average Bonchev–Trinajstić information content (AvgIpc) is 2.85. The molecule has 1 heterocycles. The standard InChI is InChI=1S/C12H11F3N4OS2/c1-6(9(16)20)21-11-19-18-10(22-11)17-8-5-3-2-4-7(8)12(13,14)15/h2-6H,1H3,(H2,16,20)(H,17,18)/t6-/m0/s1. The topological polar surface area (TPSA) is 80.9 Å². The molecule has 0 unspecified atom stereocenters. The molecule has 3 N–H and O–H groups in total. The van der Waals surface area contributed by atoms with Crippen molar-refractivity contribution in [2.75, 3.05) is 5.32 Å². The first-order valence-electron chi connectivity index (χ1n) is 6.00. The molecule has 0 aliphatic rings. The molecule has 1 aromatic carbocycles. The van der Waals surface area contributed by atoms with Gasteiger partial charge in [0.25, 0.3) is 0 Å². The van der Waals surface area contributed by atoms with Gasteiger partial charge in [-0.3, -0.25) is 4.79 Å². The first kappa shape index (κ1) is 16.6. The number of primary amides is 1. The number of para-hydroxylation sites is 1. The van der Waals surface area contributed by atoms with Gasteiger partial charge in [0.15, 0.2) is 4.34 Å². The number of benzene rings is 1. The molecule has 0 radical (unpaired) electrons. The molecule has 10 heteroatoms. The molecule has 1 aromatic heterocycles. The van der Waals surface area contributed by atoms with Crippen LogP contribution in [0.25, 0.3) is 0 Å². The molecule has 118 valence electrons. The summed E-state index contributed by atoms with van der Waals surface area (Å²) in [5.41, 5.74) is 4.24. The first-order valence-corrected chi connectivity index (χ1v) is 7.69. The van der Waals surface area contributed by atoms with Crippen LogP contribution < -0.4 is 11.1 Å². The highest BCUT2D eigenvalue weighted by Crippen LogP contribution is 2.37. The molecule has 0 aliphatic carbocycles. The van der Waals surface area contributed by atoms with E-state index in [9.17, 15) is 18.0 Å². The molecule has 1 amide bonds. The van der Waals surface area contributed by atoms with Crippen molar-refractivity contribution in [2.24, 2.45) is 5.73 Å². The molecule has 1 atom stereocenters. The highest BCUT2D eigenvalue weighted by molar-refractivity contribution is 8.02. The third-order valence-electron chi connectivity index (χ3n) is 2.56. The van der Waals surface area contributed by atoms with Crippen molar-refractivity contribution in [3.63, 3.8) is 0 Å². The fourth-order valence-corrected chi connectivity index (χ4v) is 3.33. The first-order chi connectivity index (χ1) is 10.3. The highest BCUT2D eigenvalue weighted by atomic mass is 32.2. The maximum atomic E-state index is 12.9. The van der Waals surface area contributed by atoms with Crippen molar-refractivity contribution in [3.8, 4) is 0 Å². The van der Waals surface area contributed by atoms with E-state index >= 15 is 0 Å². The van der Waals surface area contributed by atoms with Gasteiger partial charge in [0, 0.05) is 0 Å². The minimum Gasteiger partial charge on any atom is -0.369 e. The Balaban J connectivity index is 2.16. The number of nitrogens with one attached hydrogen (secondary N) is 1. The molecule has 0 saturated heterocycles. The van der Waals surface area contributed by atoms with E-state index in [0.717, 1.165) is 29.2 Å². The number of anilines is 2. The molecular formula is C12H11F3N4OS2. The van der Waals surface area contributed by atoms with E-state index < -0.39 is 22.9 Å². The molecule has 2 rings (SSSR count). The van der Waals surface area contributed by atoms with Crippen LogP contribution in [0.1, 0.15) is 12.5 Å². The number of nitrogens with zero attached hydrogens (tertiary/aromatic N) is 2. The zero-order chi connectivity index (χ0) is 16.3. The summed E-state index contributed by atoms with van der Waals surface area (Å²) in [5.74, 6) is -0.503. The fourth-order valence-electron chi connectivity index (χ4n) is 1.47. The van der Waals surface area contributed by atoms with Crippen molar-refractivity contribution < 1.29 is 18.0 Å². The van der Waals surface area contributed by atoms with Gasteiger partial charge in [0.1, 0.15) is 0 Å². The van der Waals surface area contributed by atoms with Gasteiger partial charge in [-0.2, -0.15) is 13.2 Å². The lowest BCUT2D eigenvalue weighted by atomic mass is 10.2. The zero-order valence-electron chi connectivity index (χ0n) is 11.2. The van der Waals surface area contributed by atoms with Crippen molar-refractivity contribution in [3.05, 3.63) is 29.8 Å². The summed E-state index contributed by atoms with van der Waals surface area (Å²) in [5, 5.41) is 9.88. The Kier molecular flexibility index (Phi) is 4.91. The van der Waals surface area contributed by atoms with Gasteiger partial charge < -0.3 is 11.1 Å². The second-order valence-corrected chi connectivity index (χ2v) is 6.77. The Bertz CT molecular complexity index is 674. The number of carbonyl (C=O) groups is 1. The number of hydrogen-bond acceptors (Lipinski definition) is 6. The number of nitrogens with two attached hydrogens (primary N) is 1. The van der Waals surface area contributed by atoms with Crippen LogP contribution in [-0.4, -0.2) is 21.4 Å². The van der Waals surface area contributed by atoms with Crippen molar-refractivity contribution >= 4 is 39.8 Å². The SMILES string of the molecule is C[C@H](Sc1nnc(Nc2ccccc2C(F)(F)F)s1)C(N)=O. The molecule has 2 aromatic rings. The Labute approximate surface area is 132 Å². The van der Waals surface area contributed by atoms with Gasteiger partial charge in [-0.15, -0.1) is 10.2 Å². The van der Waals surface area contributed by atoms with E-state index in [-0.39, 0.29) is 10.8 Å². The summed E-state index contributed by atoms with van der Waals surface area (Å²) in [6.45, 7) is 1.61. The maximum Gasteiger partial charge on any atom is 0.418 e. The number of alkyl halides is 3. The summed E-state index contributed by atoms with van der Waals surface area (Å²) in [4.78, 5) is 11.0. The van der Waals surface area contributed by atoms with E-state index in [4.69, 9.17) is 5.73 Å². The van der Waals surface area contributed by atoms with Crippen molar-refractivity contribution in [1.82, 2.24) is 10.2 Å².